The topological polar surface area (TPSA) is 42.0 Å². The molecule has 94 valence electrons. The average molecular weight is 268 g/mol. The number of anilines is 1. The highest BCUT2D eigenvalue weighted by atomic mass is 32.1. The van der Waals surface area contributed by atoms with Crippen molar-refractivity contribution in [3.05, 3.63) is 59.1 Å². The van der Waals surface area contributed by atoms with E-state index in [4.69, 9.17) is 0 Å². The third kappa shape index (κ3) is 2.35. The number of hydrogen-bond acceptors (Lipinski definition) is 3. The van der Waals surface area contributed by atoms with Crippen LogP contribution in [-0.4, -0.2) is 10.9 Å². The Kier molecular flexibility index (Phi) is 3.01. The second kappa shape index (κ2) is 4.82. The predicted molar refractivity (Wildman–Crippen MR) is 78.8 cm³/mol. The fourth-order valence-corrected chi connectivity index (χ4v) is 2.84. The fourth-order valence-electron chi connectivity index (χ4n) is 1.88. The van der Waals surface area contributed by atoms with Crippen LogP contribution in [0.4, 0.5) is 5.82 Å². The van der Waals surface area contributed by atoms with Gasteiger partial charge in [0.05, 0.1) is 4.88 Å². The lowest BCUT2D eigenvalue weighted by Gasteiger charge is -2.04. The number of aryl methyl sites for hydroxylation is 1. The van der Waals surface area contributed by atoms with E-state index in [9.17, 15) is 4.79 Å². The van der Waals surface area contributed by atoms with Gasteiger partial charge in [-0.15, -0.1) is 11.3 Å². The summed E-state index contributed by atoms with van der Waals surface area (Å²) in [4.78, 5) is 17.1. The van der Waals surface area contributed by atoms with Gasteiger partial charge in [0.1, 0.15) is 5.82 Å². The lowest BCUT2D eigenvalue weighted by molar-refractivity contribution is 0.103. The van der Waals surface area contributed by atoms with Gasteiger partial charge in [-0.25, -0.2) is 4.98 Å². The van der Waals surface area contributed by atoms with Crippen LogP contribution in [0.2, 0.25) is 0 Å². The molecule has 0 unspecified atom stereocenters. The molecule has 0 atom stereocenters. The molecule has 0 spiro atoms. The van der Waals surface area contributed by atoms with Gasteiger partial charge in [-0.2, -0.15) is 0 Å². The van der Waals surface area contributed by atoms with Crippen molar-refractivity contribution in [3.8, 4) is 0 Å². The largest absolute Gasteiger partial charge is 0.306 e. The third-order valence-corrected chi connectivity index (χ3v) is 4.01. The van der Waals surface area contributed by atoms with Gasteiger partial charge < -0.3 is 5.32 Å². The van der Waals surface area contributed by atoms with Crippen molar-refractivity contribution in [1.82, 2.24) is 4.98 Å². The zero-order valence-corrected chi connectivity index (χ0v) is 11.2. The summed E-state index contributed by atoms with van der Waals surface area (Å²) in [6.45, 7) is 1.92. The number of nitrogens with zero attached hydrogens (tertiary/aromatic N) is 1. The molecule has 1 amide bonds. The maximum atomic E-state index is 12.2. The number of hydrogen-bond donors (Lipinski definition) is 1. The van der Waals surface area contributed by atoms with Gasteiger partial charge >= 0.3 is 0 Å². The smallest absolute Gasteiger partial charge is 0.266 e. The molecule has 2 aromatic heterocycles. The van der Waals surface area contributed by atoms with Gasteiger partial charge in [0.25, 0.3) is 5.91 Å². The van der Waals surface area contributed by atoms with E-state index in [1.54, 1.807) is 6.20 Å². The molecule has 0 radical (unpaired) electrons. The highest BCUT2D eigenvalue weighted by molar-refractivity contribution is 7.20. The van der Waals surface area contributed by atoms with Crippen molar-refractivity contribution in [2.45, 2.75) is 6.92 Å². The van der Waals surface area contributed by atoms with Gasteiger partial charge in [0.2, 0.25) is 0 Å². The summed E-state index contributed by atoms with van der Waals surface area (Å²) < 4.78 is 1.12. The van der Waals surface area contributed by atoms with E-state index in [1.165, 1.54) is 11.3 Å². The quantitative estimate of drug-likeness (QED) is 0.767. The molecule has 0 aliphatic heterocycles. The number of fused-ring (bicyclic) bond motifs is 1. The van der Waals surface area contributed by atoms with Gasteiger partial charge in [0.15, 0.2) is 0 Å². The van der Waals surface area contributed by atoms with Gasteiger partial charge in [-0.05, 0) is 36.1 Å². The summed E-state index contributed by atoms with van der Waals surface area (Å²) in [5.74, 6) is 0.507. The van der Waals surface area contributed by atoms with Crippen molar-refractivity contribution >= 4 is 33.1 Å². The maximum Gasteiger partial charge on any atom is 0.266 e. The van der Waals surface area contributed by atoms with E-state index in [-0.39, 0.29) is 5.91 Å². The first-order valence-electron chi connectivity index (χ1n) is 5.95. The van der Waals surface area contributed by atoms with Crippen LogP contribution < -0.4 is 5.32 Å². The summed E-state index contributed by atoms with van der Waals surface area (Å²) in [7, 11) is 0. The van der Waals surface area contributed by atoms with Crippen LogP contribution >= 0.6 is 11.3 Å². The van der Waals surface area contributed by atoms with Crippen LogP contribution in [0.25, 0.3) is 10.1 Å². The summed E-state index contributed by atoms with van der Waals surface area (Å²) in [6.07, 6.45) is 1.67. The molecule has 0 aliphatic rings. The van der Waals surface area contributed by atoms with Crippen LogP contribution in [0.1, 0.15) is 15.2 Å². The Morgan fingerprint density at radius 2 is 2.05 bits per heavy atom. The van der Waals surface area contributed by atoms with E-state index in [1.807, 2.05) is 49.4 Å². The molecular weight excluding hydrogens is 256 g/mol. The van der Waals surface area contributed by atoms with Crippen molar-refractivity contribution in [2.75, 3.05) is 5.32 Å². The Balaban J connectivity index is 1.90. The van der Waals surface area contributed by atoms with E-state index >= 15 is 0 Å². The molecule has 3 aromatic rings. The average Bonchev–Trinajstić information content (AvgIpc) is 2.85. The van der Waals surface area contributed by atoms with Crippen LogP contribution in [0, 0.1) is 6.92 Å². The molecule has 0 bridgehead atoms. The number of thiophene rings is 1. The molecule has 3 nitrogen and oxygen atoms in total. The standard InChI is InChI=1S/C15H12N2OS/c1-10-5-4-8-16-14(10)17-15(18)13-9-11-6-2-3-7-12(11)19-13/h2-9H,1H3,(H,16,17,18). The van der Waals surface area contributed by atoms with E-state index < -0.39 is 0 Å². The number of carbonyl (C=O) groups excluding carboxylic acids is 1. The van der Waals surface area contributed by atoms with Crippen LogP contribution in [0.5, 0.6) is 0 Å². The maximum absolute atomic E-state index is 12.2. The number of carbonyl (C=O) groups is 1. The Morgan fingerprint density at radius 1 is 1.21 bits per heavy atom. The van der Waals surface area contributed by atoms with Crippen LogP contribution in [0.3, 0.4) is 0 Å². The SMILES string of the molecule is Cc1cccnc1NC(=O)c1cc2ccccc2s1. The van der Waals surface area contributed by atoms with Crippen LogP contribution in [-0.2, 0) is 0 Å². The highest BCUT2D eigenvalue weighted by Gasteiger charge is 2.11. The minimum absolute atomic E-state index is 0.108. The first kappa shape index (κ1) is 11.9. The lowest BCUT2D eigenvalue weighted by atomic mass is 10.2. The molecule has 3 rings (SSSR count). The minimum Gasteiger partial charge on any atom is -0.306 e. The Morgan fingerprint density at radius 3 is 2.84 bits per heavy atom. The summed E-state index contributed by atoms with van der Waals surface area (Å²) in [5, 5.41) is 3.94. The molecule has 2 heterocycles. The van der Waals surface area contributed by atoms with E-state index in [2.05, 4.69) is 10.3 Å². The Hall–Kier alpha value is -2.20. The van der Waals surface area contributed by atoms with Gasteiger partial charge in [0, 0.05) is 10.9 Å². The summed E-state index contributed by atoms with van der Waals surface area (Å²) >= 11 is 1.49. The molecule has 1 N–H and O–H groups in total. The molecule has 4 heteroatoms. The molecule has 0 fully saturated rings. The summed E-state index contributed by atoms with van der Waals surface area (Å²) in [6, 6.07) is 13.7. The summed E-state index contributed by atoms with van der Waals surface area (Å²) in [5.41, 5.74) is 0.956. The lowest BCUT2D eigenvalue weighted by Crippen LogP contribution is -2.12. The fraction of sp³-hybridized carbons (Fsp3) is 0.0667. The Labute approximate surface area is 114 Å². The van der Waals surface area contributed by atoms with Crippen molar-refractivity contribution < 1.29 is 4.79 Å². The number of aromatic nitrogens is 1. The second-order valence-corrected chi connectivity index (χ2v) is 5.36. The second-order valence-electron chi connectivity index (χ2n) is 4.27. The minimum atomic E-state index is -0.108. The molecule has 0 saturated carbocycles. The van der Waals surface area contributed by atoms with E-state index in [0.717, 1.165) is 15.6 Å². The third-order valence-electron chi connectivity index (χ3n) is 2.89. The Bertz CT molecular complexity index is 715. The number of rotatable bonds is 2. The highest BCUT2D eigenvalue weighted by Crippen LogP contribution is 2.26. The number of benzene rings is 1. The molecule has 1 aromatic carbocycles. The molecular formula is C15H12N2OS. The first-order valence-corrected chi connectivity index (χ1v) is 6.77. The zero-order chi connectivity index (χ0) is 13.2. The zero-order valence-electron chi connectivity index (χ0n) is 10.4. The van der Waals surface area contributed by atoms with Gasteiger partial charge in [-0.1, -0.05) is 24.3 Å². The predicted octanol–water partition coefficient (Wildman–Crippen LogP) is 3.86. The first-order chi connectivity index (χ1) is 9.24. The van der Waals surface area contributed by atoms with Crippen molar-refractivity contribution in [3.63, 3.8) is 0 Å². The molecule has 0 aliphatic carbocycles. The van der Waals surface area contributed by atoms with Crippen molar-refractivity contribution in [1.29, 1.82) is 0 Å². The molecule has 19 heavy (non-hydrogen) atoms. The van der Waals surface area contributed by atoms with Gasteiger partial charge in [-0.3, -0.25) is 4.79 Å². The number of pyridine rings is 1. The molecule has 0 saturated heterocycles. The van der Waals surface area contributed by atoms with Crippen LogP contribution in [0.15, 0.2) is 48.7 Å². The normalized spacial score (nSPS) is 10.6. The number of nitrogens with one attached hydrogen (secondary N) is 1. The van der Waals surface area contributed by atoms with E-state index in [0.29, 0.717) is 10.7 Å². The monoisotopic (exact) mass is 268 g/mol. The number of amides is 1. The van der Waals surface area contributed by atoms with Crippen molar-refractivity contribution in [2.24, 2.45) is 0 Å².